The number of hydrazone groups is 2. The maximum Gasteiger partial charge on any atom is 0.184 e. The highest BCUT2D eigenvalue weighted by Crippen LogP contribution is 2.13. The molecule has 1 aliphatic carbocycles. The van der Waals surface area contributed by atoms with Crippen LogP contribution in [0, 0.1) is 0 Å². The molecule has 0 radical (unpaired) electrons. The van der Waals surface area contributed by atoms with E-state index in [4.69, 9.17) is 0 Å². The van der Waals surface area contributed by atoms with Gasteiger partial charge in [0.05, 0.1) is 5.71 Å². The van der Waals surface area contributed by atoms with Crippen molar-refractivity contribution in [3.8, 4) is 0 Å². The molecule has 0 bridgehead atoms. The molecule has 1 fully saturated rings. The van der Waals surface area contributed by atoms with Crippen molar-refractivity contribution >= 4 is 35.1 Å². The van der Waals surface area contributed by atoms with Gasteiger partial charge >= 0.3 is 0 Å². The zero-order valence-electron chi connectivity index (χ0n) is 13.0. The minimum atomic E-state index is -1.01. The third-order valence-electron chi connectivity index (χ3n) is 3.39. The largest absolute Gasteiger partial charge is 0.331 e. The normalized spacial score (nSPS) is 20.7. The van der Waals surface area contributed by atoms with E-state index in [0.717, 1.165) is 18.6 Å². The SMILES string of the molecule is CN(N=C1CCCC(=O)C1=NN(C)[SiH](C)C)[SiH](C)C. The van der Waals surface area contributed by atoms with E-state index in [2.05, 4.69) is 36.4 Å². The third kappa shape index (κ3) is 4.57. The summed E-state index contributed by atoms with van der Waals surface area (Å²) in [5.41, 5.74) is 1.47. The molecule has 0 amide bonds. The van der Waals surface area contributed by atoms with Gasteiger partial charge in [-0.05, 0) is 12.8 Å². The summed E-state index contributed by atoms with van der Waals surface area (Å²) in [6.45, 7) is 8.83. The van der Waals surface area contributed by atoms with Crippen LogP contribution in [0.3, 0.4) is 0 Å². The average Bonchev–Trinajstić information content (AvgIpc) is 2.32. The van der Waals surface area contributed by atoms with Crippen LogP contribution in [0.5, 0.6) is 0 Å². The lowest BCUT2D eigenvalue weighted by Crippen LogP contribution is -2.37. The molecule has 0 unspecified atom stereocenters. The van der Waals surface area contributed by atoms with Crippen LogP contribution in [0.25, 0.3) is 0 Å². The minimum absolute atomic E-state index is 0.144. The number of rotatable bonds is 4. The van der Waals surface area contributed by atoms with Crippen molar-refractivity contribution in [3.05, 3.63) is 0 Å². The summed E-state index contributed by atoms with van der Waals surface area (Å²) < 4.78 is 4.01. The molecule has 1 saturated carbocycles. The first kappa shape index (κ1) is 16.1. The Kier molecular flexibility index (Phi) is 5.93. The fraction of sp³-hybridized carbons (Fsp3) is 0.750. The summed E-state index contributed by atoms with van der Waals surface area (Å²) in [5.74, 6) is 0.144. The lowest BCUT2D eigenvalue weighted by atomic mass is 9.95. The van der Waals surface area contributed by atoms with Gasteiger partial charge in [-0.25, -0.2) is 0 Å². The summed E-state index contributed by atoms with van der Waals surface area (Å²) in [7, 11) is 1.99. The molecule has 0 atom stereocenters. The second-order valence-electron chi connectivity index (χ2n) is 5.61. The van der Waals surface area contributed by atoms with Crippen LogP contribution in [-0.2, 0) is 4.79 Å². The summed E-state index contributed by atoms with van der Waals surface area (Å²) in [5, 5.41) is 9.16. The van der Waals surface area contributed by atoms with E-state index in [9.17, 15) is 4.79 Å². The summed E-state index contributed by atoms with van der Waals surface area (Å²) in [6, 6.07) is 0. The number of ketones is 1. The zero-order chi connectivity index (χ0) is 14.6. The first-order valence-electron chi connectivity index (χ1n) is 6.98. The van der Waals surface area contributed by atoms with Crippen molar-refractivity contribution in [2.45, 2.75) is 45.5 Å². The molecule has 0 saturated heterocycles. The topological polar surface area (TPSA) is 48.3 Å². The van der Waals surface area contributed by atoms with Gasteiger partial charge in [-0.2, -0.15) is 10.2 Å². The lowest BCUT2D eigenvalue weighted by molar-refractivity contribution is -0.113. The van der Waals surface area contributed by atoms with Gasteiger partial charge in [-0.1, -0.05) is 26.2 Å². The van der Waals surface area contributed by atoms with Crippen LogP contribution in [-0.4, -0.2) is 58.6 Å². The van der Waals surface area contributed by atoms with Gasteiger partial charge in [0, 0.05) is 20.5 Å². The van der Waals surface area contributed by atoms with Gasteiger partial charge in [0.25, 0.3) is 0 Å². The molecule has 0 aromatic rings. The van der Waals surface area contributed by atoms with Crippen LogP contribution in [0.4, 0.5) is 0 Å². The fourth-order valence-corrected chi connectivity index (χ4v) is 2.32. The molecule has 108 valence electrons. The quantitative estimate of drug-likeness (QED) is 0.580. The highest BCUT2D eigenvalue weighted by atomic mass is 28.3. The fourth-order valence-electron chi connectivity index (χ4n) is 1.60. The van der Waals surface area contributed by atoms with Crippen molar-refractivity contribution in [3.63, 3.8) is 0 Å². The molecule has 0 heterocycles. The average molecular weight is 299 g/mol. The van der Waals surface area contributed by atoms with Gasteiger partial charge in [0.2, 0.25) is 0 Å². The smallest absolute Gasteiger partial charge is 0.184 e. The molecule has 19 heavy (non-hydrogen) atoms. The van der Waals surface area contributed by atoms with E-state index >= 15 is 0 Å². The highest BCUT2D eigenvalue weighted by Gasteiger charge is 2.25. The Balaban J connectivity index is 3.03. The number of carbonyl (C=O) groups excluding carboxylic acids is 1. The van der Waals surface area contributed by atoms with Crippen molar-refractivity contribution in [1.82, 2.24) is 9.35 Å². The van der Waals surface area contributed by atoms with Crippen LogP contribution in [0.2, 0.25) is 26.2 Å². The van der Waals surface area contributed by atoms with E-state index in [1.165, 1.54) is 0 Å². The Morgan fingerprint density at radius 3 is 2.00 bits per heavy atom. The first-order valence-corrected chi connectivity index (χ1v) is 12.6. The molecule has 0 aromatic carbocycles. The van der Waals surface area contributed by atoms with Crippen molar-refractivity contribution in [1.29, 1.82) is 0 Å². The molecule has 7 heteroatoms. The van der Waals surface area contributed by atoms with E-state index in [1.807, 2.05) is 23.4 Å². The number of hydrogen-bond acceptors (Lipinski definition) is 5. The number of Topliss-reactive ketones (excluding diaryl/α,β-unsaturated/α-hetero) is 1. The molecule has 1 aliphatic rings. The van der Waals surface area contributed by atoms with Crippen molar-refractivity contribution in [2.24, 2.45) is 10.2 Å². The van der Waals surface area contributed by atoms with Gasteiger partial charge in [0.15, 0.2) is 23.7 Å². The maximum atomic E-state index is 12.1. The monoisotopic (exact) mass is 298 g/mol. The second-order valence-corrected chi connectivity index (χ2v) is 11.5. The van der Waals surface area contributed by atoms with Gasteiger partial charge in [-0.15, -0.1) is 0 Å². The van der Waals surface area contributed by atoms with Gasteiger partial charge < -0.3 is 9.35 Å². The molecular formula is C12H26N4OSi2. The van der Waals surface area contributed by atoms with E-state index < -0.39 is 17.9 Å². The standard InChI is InChI=1S/C12H26N4OSi2/c1-15(18(3)4)13-10-8-7-9-11(17)12(10)14-16(2)19(5)6/h18-19H,7-9H2,1-6H3. The third-order valence-corrected chi connectivity index (χ3v) is 6.61. The Morgan fingerprint density at radius 2 is 1.47 bits per heavy atom. The molecule has 0 aromatic heterocycles. The summed E-state index contributed by atoms with van der Waals surface area (Å²) >= 11 is 0. The number of carbonyl (C=O) groups is 1. The van der Waals surface area contributed by atoms with E-state index in [1.54, 1.807) is 0 Å². The molecule has 1 rings (SSSR count). The Morgan fingerprint density at radius 1 is 0.947 bits per heavy atom. The zero-order valence-corrected chi connectivity index (χ0v) is 15.3. The minimum Gasteiger partial charge on any atom is -0.331 e. The second kappa shape index (κ2) is 6.99. The highest BCUT2D eigenvalue weighted by molar-refractivity contribution is 6.68. The van der Waals surface area contributed by atoms with Crippen LogP contribution in [0.15, 0.2) is 10.2 Å². The molecule has 5 nitrogen and oxygen atoms in total. The van der Waals surface area contributed by atoms with Gasteiger partial charge in [-0.3, -0.25) is 4.79 Å². The van der Waals surface area contributed by atoms with Crippen molar-refractivity contribution < 1.29 is 4.79 Å². The molecule has 0 N–H and O–H groups in total. The van der Waals surface area contributed by atoms with E-state index in [-0.39, 0.29) is 5.78 Å². The lowest BCUT2D eigenvalue weighted by Gasteiger charge is -2.24. The Bertz CT molecular complexity index is 393. The predicted octanol–water partition coefficient (Wildman–Crippen LogP) is 1.28. The van der Waals surface area contributed by atoms with Crippen LogP contribution < -0.4 is 0 Å². The Labute approximate surface area is 119 Å². The molecular weight excluding hydrogens is 272 g/mol. The molecule has 0 aliphatic heterocycles. The Hall–Kier alpha value is -0.956. The summed E-state index contributed by atoms with van der Waals surface area (Å²) in [4.78, 5) is 12.1. The maximum absolute atomic E-state index is 12.1. The van der Waals surface area contributed by atoms with Crippen molar-refractivity contribution in [2.75, 3.05) is 14.1 Å². The van der Waals surface area contributed by atoms with Crippen LogP contribution >= 0.6 is 0 Å². The molecule has 0 spiro atoms. The number of hydrogen-bond donors (Lipinski definition) is 0. The van der Waals surface area contributed by atoms with E-state index in [0.29, 0.717) is 12.1 Å². The summed E-state index contributed by atoms with van der Waals surface area (Å²) in [6.07, 6.45) is 2.37. The first-order chi connectivity index (χ1) is 8.82. The van der Waals surface area contributed by atoms with Crippen LogP contribution in [0.1, 0.15) is 19.3 Å². The number of nitrogens with zero attached hydrogens (tertiary/aromatic N) is 4. The predicted molar refractivity (Wildman–Crippen MR) is 87.0 cm³/mol. The van der Waals surface area contributed by atoms with Gasteiger partial charge in [0.1, 0.15) is 5.71 Å².